The van der Waals surface area contributed by atoms with Gasteiger partial charge in [-0.1, -0.05) is 41.7 Å². The average molecular weight is 279 g/mol. The van der Waals surface area contributed by atoms with Crippen molar-refractivity contribution in [3.63, 3.8) is 0 Å². The fourth-order valence-electron chi connectivity index (χ4n) is 1.92. The predicted molar refractivity (Wildman–Crippen MR) is 82.5 cm³/mol. The first-order valence-electron chi connectivity index (χ1n) is 6.68. The number of hydrogen-bond acceptors (Lipinski definition) is 3. The molecule has 0 aliphatic carbocycles. The Bertz CT molecular complexity index is 698. The second kappa shape index (κ2) is 7.22. The molecule has 0 bridgehead atoms. The summed E-state index contributed by atoms with van der Waals surface area (Å²) in [6, 6.07) is 11.5. The summed E-state index contributed by atoms with van der Waals surface area (Å²) in [4.78, 5) is 16.3. The Morgan fingerprint density at radius 3 is 2.95 bits per heavy atom. The van der Waals surface area contributed by atoms with Gasteiger partial charge in [-0.3, -0.25) is 4.79 Å². The molecule has 0 radical (unpaired) electrons. The molecule has 1 heterocycles. The maximum Gasteiger partial charge on any atom is 0.271 e. The van der Waals surface area contributed by atoms with Gasteiger partial charge >= 0.3 is 0 Å². The van der Waals surface area contributed by atoms with Crippen LogP contribution in [-0.4, -0.2) is 17.4 Å². The van der Waals surface area contributed by atoms with Crippen LogP contribution >= 0.6 is 0 Å². The lowest BCUT2D eigenvalue weighted by molar-refractivity contribution is 0.0945. The number of nitrogens with one attached hydrogen (secondary N) is 1. The number of nitrogens with two attached hydrogens (primary N) is 1. The fraction of sp³-hybridized carbons (Fsp3) is 0.176. The number of hydrogen-bond donors (Lipinski definition) is 2. The van der Waals surface area contributed by atoms with E-state index in [9.17, 15) is 4.79 Å². The lowest BCUT2D eigenvalue weighted by Crippen LogP contribution is -2.24. The second-order valence-corrected chi connectivity index (χ2v) is 4.58. The van der Waals surface area contributed by atoms with E-state index in [1.165, 1.54) is 0 Å². The van der Waals surface area contributed by atoms with E-state index in [4.69, 9.17) is 5.73 Å². The lowest BCUT2D eigenvalue weighted by Gasteiger charge is -2.07. The molecule has 2 rings (SSSR count). The molecule has 2 aromatic rings. The maximum absolute atomic E-state index is 12.2. The van der Waals surface area contributed by atoms with Gasteiger partial charge in [-0.25, -0.2) is 4.98 Å². The molecule has 3 N–H and O–H groups in total. The third-order valence-corrected chi connectivity index (χ3v) is 2.88. The zero-order valence-electron chi connectivity index (χ0n) is 11.9. The van der Waals surface area contributed by atoms with E-state index in [1.54, 1.807) is 18.3 Å². The van der Waals surface area contributed by atoms with Crippen LogP contribution < -0.4 is 11.1 Å². The molecular formula is C17H17N3O. The summed E-state index contributed by atoms with van der Waals surface area (Å²) in [6.07, 6.45) is 1.58. The van der Waals surface area contributed by atoms with Gasteiger partial charge in [0.15, 0.2) is 0 Å². The zero-order valence-corrected chi connectivity index (χ0v) is 11.9. The third-order valence-electron chi connectivity index (χ3n) is 2.88. The number of nitrogens with zero attached hydrogens (tertiary/aromatic N) is 1. The summed E-state index contributed by atoms with van der Waals surface area (Å²) in [5.74, 6) is 5.36. The SMILES string of the molecule is Cc1cccc(CNC(=O)c2ncccc2C#CCN)c1. The predicted octanol–water partition coefficient (Wildman–Crippen LogP) is 1.63. The first-order chi connectivity index (χ1) is 10.2. The minimum atomic E-state index is -0.238. The van der Waals surface area contributed by atoms with Crippen molar-refractivity contribution in [1.82, 2.24) is 10.3 Å². The molecular weight excluding hydrogens is 262 g/mol. The third kappa shape index (κ3) is 4.16. The van der Waals surface area contributed by atoms with Gasteiger partial charge in [0.05, 0.1) is 12.1 Å². The molecule has 106 valence electrons. The Morgan fingerprint density at radius 2 is 2.19 bits per heavy atom. The average Bonchev–Trinajstić information content (AvgIpc) is 2.51. The summed E-state index contributed by atoms with van der Waals surface area (Å²) in [6.45, 7) is 2.73. The number of aryl methyl sites for hydroxylation is 1. The van der Waals surface area contributed by atoms with Crippen LogP contribution in [-0.2, 0) is 6.54 Å². The highest BCUT2D eigenvalue weighted by atomic mass is 16.1. The van der Waals surface area contributed by atoms with Crippen LogP contribution in [0.3, 0.4) is 0 Å². The van der Waals surface area contributed by atoms with Crippen molar-refractivity contribution in [2.45, 2.75) is 13.5 Å². The van der Waals surface area contributed by atoms with Gasteiger partial charge in [0.2, 0.25) is 0 Å². The molecule has 0 atom stereocenters. The zero-order chi connectivity index (χ0) is 15.1. The van der Waals surface area contributed by atoms with Gasteiger partial charge in [0.1, 0.15) is 5.69 Å². The Kier molecular flexibility index (Phi) is 5.08. The van der Waals surface area contributed by atoms with Crippen molar-refractivity contribution in [2.75, 3.05) is 6.54 Å². The van der Waals surface area contributed by atoms with Gasteiger partial charge < -0.3 is 11.1 Å². The van der Waals surface area contributed by atoms with Gasteiger partial charge in [-0.05, 0) is 24.6 Å². The Hall–Kier alpha value is -2.64. The van der Waals surface area contributed by atoms with Crippen molar-refractivity contribution >= 4 is 5.91 Å². The van der Waals surface area contributed by atoms with Crippen LogP contribution in [0.4, 0.5) is 0 Å². The van der Waals surface area contributed by atoms with Crippen LogP contribution in [0.1, 0.15) is 27.2 Å². The molecule has 4 nitrogen and oxygen atoms in total. The smallest absolute Gasteiger partial charge is 0.271 e. The molecule has 0 saturated carbocycles. The molecule has 0 aliphatic rings. The maximum atomic E-state index is 12.2. The number of pyridine rings is 1. The van der Waals surface area contributed by atoms with Crippen molar-refractivity contribution < 1.29 is 4.79 Å². The molecule has 1 aromatic carbocycles. The van der Waals surface area contributed by atoms with Crippen LogP contribution in [0.15, 0.2) is 42.6 Å². The molecule has 0 saturated heterocycles. The molecule has 1 amide bonds. The Morgan fingerprint density at radius 1 is 1.33 bits per heavy atom. The monoisotopic (exact) mass is 279 g/mol. The van der Waals surface area contributed by atoms with Crippen LogP contribution in [0, 0.1) is 18.8 Å². The fourth-order valence-corrected chi connectivity index (χ4v) is 1.92. The van der Waals surface area contributed by atoms with Crippen molar-refractivity contribution in [3.8, 4) is 11.8 Å². The molecule has 0 aliphatic heterocycles. The van der Waals surface area contributed by atoms with E-state index >= 15 is 0 Å². The highest BCUT2D eigenvalue weighted by Crippen LogP contribution is 2.06. The van der Waals surface area contributed by atoms with Crippen molar-refractivity contribution in [2.24, 2.45) is 5.73 Å². The highest BCUT2D eigenvalue weighted by Gasteiger charge is 2.10. The number of rotatable bonds is 3. The summed E-state index contributed by atoms with van der Waals surface area (Å²) >= 11 is 0. The molecule has 1 aromatic heterocycles. The molecule has 21 heavy (non-hydrogen) atoms. The van der Waals surface area contributed by atoms with E-state index in [1.807, 2.05) is 31.2 Å². The number of carbonyl (C=O) groups excluding carboxylic acids is 1. The highest BCUT2D eigenvalue weighted by molar-refractivity contribution is 5.94. The molecule has 0 fully saturated rings. The lowest BCUT2D eigenvalue weighted by atomic mass is 10.1. The largest absolute Gasteiger partial charge is 0.347 e. The molecule has 0 spiro atoms. The van der Waals surface area contributed by atoms with E-state index in [-0.39, 0.29) is 12.5 Å². The van der Waals surface area contributed by atoms with E-state index in [0.717, 1.165) is 11.1 Å². The standard InChI is InChI=1S/C17H17N3O/c1-13-5-2-6-14(11-13)12-20-17(21)16-15(7-3-9-18)8-4-10-19-16/h2,4-6,8,10-11H,9,12,18H2,1H3,(H,20,21). The van der Waals surface area contributed by atoms with Crippen LogP contribution in [0.5, 0.6) is 0 Å². The van der Waals surface area contributed by atoms with Gasteiger partial charge in [-0.2, -0.15) is 0 Å². The minimum Gasteiger partial charge on any atom is -0.347 e. The topological polar surface area (TPSA) is 68.0 Å². The van der Waals surface area contributed by atoms with E-state index < -0.39 is 0 Å². The number of carbonyl (C=O) groups is 1. The van der Waals surface area contributed by atoms with Gasteiger partial charge in [-0.15, -0.1) is 0 Å². The van der Waals surface area contributed by atoms with Gasteiger partial charge in [0.25, 0.3) is 5.91 Å². The molecule has 4 heteroatoms. The Labute approximate surface area is 124 Å². The minimum absolute atomic E-state index is 0.238. The van der Waals surface area contributed by atoms with Crippen LogP contribution in [0.2, 0.25) is 0 Å². The Balaban J connectivity index is 2.10. The summed E-state index contributed by atoms with van der Waals surface area (Å²) in [7, 11) is 0. The number of benzene rings is 1. The van der Waals surface area contributed by atoms with Crippen LogP contribution in [0.25, 0.3) is 0 Å². The first-order valence-corrected chi connectivity index (χ1v) is 6.68. The quantitative estimate of drug-likeness (QED) is 0.839. The van der Waals surface area contributed by atoms with Crippen molar-refractivity contribution in [3.05, 3.63) is 65.0 Å². The summed E-state index contributed by atoms with van der Waals surface area (Å²) in [5, 5.41) is 2.86. The molecule has 0 unspecified atom stereocenters. The normalized spacial score (nSPS) is 9.62. The number of amides is 1. The summed E-state index contributed by atoms with van der Waals surface area (Å²) < 4.78 is 0. The van der Waals surface area contributed by atoms with Crippen molar-refractivity contribution in [1.29, 1.82) is 0 Å². The second-order valence-electron chi connectivity index (χ2n) is 4.58. The van der Waals surface area contributed by atoms with E-state index in [0.29, 0.717) is 17.8 Å². The summed E-state index contributed by atoms with van der Waals surface area (Å²) in [5.41, 5.74) is 8.48. The first kappa shape index (κ1) is 14.8. The number of aromatic nitrogens is 1. The van der Waals surface area contributed by atoms with Gasteiger partial charge in [0, 0.05) is 12.7 Å². The van der Waals surface area contributed by atoms with E-state index in [2.05, 4.69) is 22.1 Å².